The van der Waals surface area contributed by atoms with Crippen molar-refractivity contribution in [2.24, 2.45) is 0 Å². The highest BCUT2D eigenvalue weighted by Gasteiger charge is 2.18. The molecule has 0 N–H and O–H groups in total. The molecule has 1 unspecified atom stereocenters. The molecule has 0 saturated carbocycles. The quantitative estimate of drug-likeness (QED) is 0.609. The van der Waals surface area contributed by atoms with E-state index in [4.69, 9.17) is 0 Å². The molecule has 1 atom stereocenters. The van der Waals surface area contributed by atoms with Crippen molar-refractivity contribution in [3.05, 3.63) is 33.8 Å². The van der Waals surface area contributed by atoms with Crippen molar-refractivity contribution in [2.75, 3.05) is 7.11 Å². The van der Waals surface area contributed by atoms with Crippen molar-refractivity contribution in [1.82, 2.24) is 0 Å². The number of alkyl halides is 1. The minimum atomic E-state index is -0.366. The van der Waals surface area contributed by atoms with Crippen molar-refractivity contribution in [3.8, 4) is 0 Å². The second-order valence-electron chi connectivity index (χ2n) is 3.55. The van der Waals surface area contributed by atoms with Gasteiger partial charge in [0.2, 0.25) is 0 Å². The standard InChI is InChI=1S/C12H12Br2O3/c1-7(15)11(13)9-5-3-4-8(12(9)14)6-10(16)17-2/h3-5,11H,6H2,1-2H3. The maximum absolute atomic E-state index is 11.3. The van der Waals surface area contributed by atoms with E-state index in [1.807, 2.05) is 18.2 Å². The minimum absolute atomic E-state index is 0.0147. The molecule has 3 nitrogen and oxygen atoms in total. The summed E-state index contributed by atoms with van der Waals surface area (Å²) in [4.78, 5) is 22.2. The van der Waals surface area contributed by atoms with Crippen molar-refractivity contribution in [1.29, 1.82) is 0 Å². The fourth-order valence-corrected chi connectivity index (χ4v) is 2.70. The zero-order valence-electron chi connectivity index (χ0n) is 9.50. The van der Waals surface area contributed by atoms with E-state index in [0.717, 1.165) is 15.6 Å². The molecule has 0 heterocycles. The van der Waals surface area contributed by atoms with Crippen LogP contribution in [0.3, 0.4) is 0 Å². The first-order valence-corrected chi connectivity index (χ1v) is 6.66. The van der Waals surface area contributed by atoms with Crippen molar-refractivity contribution in [2.45, 2.75) is 18.2 Å². The van der Waals surface area contributed by atoms with E-state index in [-0.39, 0.29) is 23.0 Å². The van der Waals surface area contributed by atoms with Crippen LogP contribution >= 0.6 is 31.9 Å². The van der Waals surface area contributed by atoms with Gasteiger partial charge in [-0.3, -0.25) is 9.59 Å². The second kappa shape index (κ2) is 6.31. The van der Waals surface area contributed by atoms with E-state index in [1.54, 1.807) is 0 Å². The molecule has 1 aromatic rings. The molecule has 0 aliphatic carbocycles. The molecule has 0 fully saturated rings. The number of ketones is 1. The van der Waals surface area contributed by atoms with Crippen LogP contribution < -0.4 is 0 Å². The summed E-state index contributed by atoms with van der Waals surface area (Å²) in [6.45, 7) is 1.51. The number of esters is 1. The van der Waals surface area contributed by atoms with Gasteiger partial charge in [-0.2, -0.15) is 0 Å². The van der Waals surface area contributed by atoms with Gasteiger partial charge in [-0.1, -0.05) is 50.1 Å². The lowest BCUT2D eigenvalue weighted by Crippen LogP contribution is -2.08. The van der Waals surface area contributed by atoms with Gasteiger partial charge in [0.1, 0.15) is 5.78 Å². The number of hydrogen-bond acceptors (Lipinski definition) is 3. The number of hydrogen-bond donors (Lipinski definition) is 0. The van der Waals surface area contributed by atoms with Crippen LogP contribution in [0.25, 0.3) is 0 Å². The number of rotatable bonds is 4. The Balaban J connectivity index is 3.07. The number of carbonyl (C=O) groups is 2. The Morgan fingerprint density at radius 2 is 2.06 bits per heavy atom. The third-order valence-electron chi connectivity index (χ3n) is 2.30. The fraction of sp³-hybridized carbons (Fsp3) is 0.333. The third kappa shape index (κ3) is 3.64. The molecule has 1 aromatic carbocycles. The lowest BCUT2D eigenvalue weighted by Gasteiger charge is -2.12. The zero-order chi connectivity index (χ0) is 13.0. The summed E-state index contributed by atoms with van der Waals surface area (Å²) in [5, 5.41) is 0. The number of methoxy groups -OCH3 is 1. The van der Waals surface area contributed by atoms with Crippen LogP contribution in [0.1, 0.15) is 22.9 Å². The normalized spacial score (nSPS) is 12.0. The number of Topliss-reactive ketones (excluding diaryl/α,β-unsaturated/α-hetero) is 1. The van der Waals surface area contributed by atoms with Gasteiger partial charge in [0.05, 0.1) is 18.4 Å². The summed E-state index contributed by atoms with van der Waals surface area (Å²) in [6, 6.07) is 5.48. The molecule has 0 aliphatic rings. The Bertz CT molecular complexity index is 443. The van der Waals surface area contributed by atoms with Gasteiger partial charge in [-0.15, -0.1) is 0 Å². The molecular formula is C12H12Br2O3. The molecule has 0 aromatic heterocycles. The topological polar surface area (TPSA) is 43.4 Å². The van der Waals surface area contributed by atoms with Gasteiger partial charge in [0.25, 0.3) is 0 Å². The highest BCUT2D eigenvalue weighted by atomic mass is 79.9. The van der Waals surface area contributed by atoms with Gasteiger partial charge in [-0.05, 0) is 18.1 Å². The number of benzene rings is 1. The van der Waals surface area contributed by atoms with Crippen LogP contribution in [0, 0.1) is 0 Å². The summed E-state index contributed by atoms with van der Waals surface area (Å²) in [7, 11) is 1.35. The predicted molar refractivity (Wildman–Crippen MR) is 72.2 cm³/mol. The van der Waals surface area contributed by atoms with Gasteiger partial charge < -0.3 is 4.74 Å². The maximum Gasteiger partial charge on any atom is 0.310 e. The van der Waals surface area contributed by atoms with Crippen molar-refractivity contribution >= 4 is 43.6 Å². The highest BCUT2D eigenvalue weighted by molar-refractivity contribution is 9.11. The van der Waals surface area contributed by atoms with Gasteiger partial charge in [-0.25, -0.2) is 0 Å². The minimum Gasteiger partial charge on any atom is -0.469 e. The number of halogens is 2. The summed E-state index contributed by atoms with van der Waals surface area (Å²) >= 11 is 6.74. The molecule has 1 rings (SSSR count). The van der Waals surface area contributed by atoms with E-state index >= 15 is 0 Å². The average Bonchev–Trinajstić information content (AvgIpc) is 2.30. The predicted octanol–water partition coefficient (Wildman–Crippen LogP) is 3.19. The molecule has 92 valence electrons. The Labute approximate surface area is 117 Å². The maximum atomic E-state index is 11.3. The molecule has 0 bridgehead atoms. The molecule has 0 aliphatic heterocycles. The molecule has 0 radical (unpaired) electrons. The molecular weight excluding hydrogens is 352 g/mol. The van der Waals surface area contributed by atoms with Crippen LogP contribution in [-0.4, -0.2) is 18.9 Å². The molecule has 0 spiro atoms. The molecule has 5 heteroatoms. The van der Waals surface area contributed by atoms with Crippen LogP contribution in [-0.2, 0) is 20.7 Å². The monoisotopic (exact) mass is 362 g/mol. The van der Waals surface area contributed by atoms with E-state index in [9.17, 15) is 9.59 Å². The van der Waals surface area contributed by atoms with Gasteiger partial charge in [0.15, 0.2) is 0 Å². The molecule has 0 amide bonds. The van der Waals surface area contributed by atoms with Gasteiger partial charge in [0, 0.05) is 4.47 Å². The smallest absolute Gasteiger partial charge is 0.310 e. The van der Waals surface area contributed by atoms with Crippen LogP contribution in [0.4, 0.5) is 0 Å². The average molecular weight is 364 g/mol. The summed E-state index contributed by atoms with van der Waals surface area (Å²) in [5.74, 6) is -0.294. The largest absolute Gasteiger partial charge is 0.469 e. The van der Waals surface area contributed by atoms with E-state index < -0.39 is 0 Å². The van der Waals surface area contributed by atoms with Crippen LogP contribution in [0.15, 0.2) is 22.7 Å². The first-order valence-electron chi connectivity index (χ1n) is 4.96. The van der Waals surface area contributed by atoms with Crippen LogP contribution in [0.5, 0.6) is 0 Å². The molecule has 0 saturated heterocycles. The third-order valence-corrected chi connectivity index (χ3v) is 4.41. The van der Waals surface area contributed by atoms with E-state index in [2.05, 4.69) is 36.6 Å². The Kier molecular flexibility index (Phi) is 5.33. The molecule has 17 heavy (non-hydrogen) atoms. The van der Waals surface area contributed by atoms with Crippen molar-refractivity contribution < 1.29 is 14.3 Å². The Morgan fingerprint density at radius 1 is 1.41 bits per heavy atom. The number of carbonyl (C=O) groups excluding carboxylic acids is 2. The Morgan fingerprint density at radius 3 is 2.59 bits per heavy atom. The van der Waals surface area contributed by atoms with Crippen LogP contribution in [0.2, 0.25) is 0 Å². The van der Waals surface area contributed by atoms with Crippen molar-refractivity contribution in [3.63, 3.8) is 0 Å². The summed E-state index contributed by atoms with van der Waals surface area (Å²) in [5.41, 5.74) is 1.62. The number of ether oxygens (including phenoxy) is 1. The summed E-state index contributed by atoms with van der Waals surface area (Å²) < 4.78 is 5.38. The lowest BCUT2D eigenvalue weighted by molar-refractivity contribution is -0.139. The van der Waals surface area contributed by atoms with E-state index in [1.165, 1.54) is 14.0 Å². The second-order valence-corrected chi connectivity index (χ2v) is 5.26. The first-order chi connectivity index (χ1) is 7.97. The SMILES string of the molecule is COC(=O)Cc1cccc(C(Br)C(C)=O)c1Br. The van der Waals surface area contributed by atoms with Gasteiger partial charge >= 0.3 is 5.97 Å². The van der Waals surface area contributed by atoms with E-state index in [0.29, 0.717) is 0 Å². The highest BCUT2D eigenvalue weighted by Crippen LogP contribution is 2.32. The fourth-order valence-electron chi connectivity index (χ4n) is 1.38. The Hall–Kier alpha value is -0.680. The first kappa shape index (κ1) is 14.4. The summed E-state index contributed by atoms with van der Waals surface area (Å²) in [6.07, 6.45) is 0.183. The lowest BCUT2D eigenvalue weighted by atomic mass is 10.0. The zero-order valence-corrected chi connectivity index (χ0v) is 12.7.